The maximum atomic E-state index is 13.8. The zero-order valence-electron chi connectivity index (χ0n) is 21.5. The molecule has 0 aliphatic heterocycles. The second-order valence-electron chi connectivity index (χ2n) is 8.44. The van der Waals surface area contributed by atoms with Crippen LogP contribution in [0.25, 0.3) is 0 Å². The van der Waals surface area contributed by atoms with Gasteiger partial charge in [0.2, 0.25) is 11.8 Å². The van der Waals surface area contributed by atoms with E-state index >= 15 is 0 Å². The number of likely N-dealkylation sites (N-methyl/N-ethyl adjacent to an activating group) is 1. The molecule has 3 aromatic rings. The first-order valence-electron chi connectivity index (χ1n) is 11.9. The zero-order valence-corrected chi connectivity index (χ0v) is 23.9. The van der Waals surface area contributed by atoms with Gasteiger partial charge < -0.3 is 15.0 Å². The Labute approximate surface area is 237 Å². The summed E-state index contributed by atoms with van der Waals surface area (Å²) in [6.45, 7) is 3.01. The number of hydrogen-bond donors (Lipinski definition) is 1. The van der Waals surface area contributed by atoms with Gasteiger partial charge >= 0.3 is 0 Å². The Morgan fingerprint density at radius 3 is 2.23 bits per heavy atom. The Morgan fingerprint density at radius 1 is 1.03 bits per heavy atom. The monoisotopic (exact) mass is 595 g/mol. The van der Waals surface area contributed by atoms with Gasteiger partial charge in [-0.1, -0.05) is 29.3 Å². The average molecular weight is 597 g/mol. The van der Waals surface area contributed by atoms with Crippen LogP contribution in [0.15, 0.2) is 71.6 Å². The van der Waals surface area contributed by atoms with Crippen molar-refractivity contribution in [3.8, 4) is 5.75 Å². The quantitative estimate of drug-likeness (QED) is 0.340. The van der Waals surface area contributed by atoms with E-state index in [2.05, 4.69) is 5.32 Å². The van der Waals surface area contributed by atoms with Crippen molar-refractivity contribution < 1.29 is 27.1 Å². The van der Waals surface area contributed by atoms with Crippen molar-refractivity contribution in [1.82, 2.24) is 10.2 Å². The van der Waals surface area contributed by atoms with Crippen LogP contribution in [0, 0.1) is 5.82 Å². The summed E-state index contributed by atoms with van der Waals surface area (Å²) in [6.07, 6.45) is 0. The first-order chi connectivity index (χ1) is 18.5. The van der Waals surface area contributed by atoms with Gasteiger partial charge in [-0.05, 0) is 80.1 Å². The smallest absolute Gasteiger partial charge is 0.264 e. The molecule has 1 N–H and O–H groups in total. The highest BCUT2D eigenvalue weighted by atomic mass is 35.5. The molecule has 0 radical (unpaired) electrons. The number of benzene rings is 3. The molecular weight excluding hydrogens is 568 g/mol. The van der Waals surface area contributed by atoms with Crippen molar-refractivity contribution in [2.75, 3.05) is 24.5 Å². The van der Waals surface area contributed by atoms with Crippen molar-refractivity contribution >= 4 is 50.7 Å². The minimum atomic E-state index is -4.33. The molecule has 0 aliphatic carbocycles. The van der Waals surface area contributed by atoms with E-state index in [1.165, 1.54) is 37.1 Å². The van der Waals surface area contributed by atoms with Gasteiger partial charge in [0.05, 0.1) is 17.2 Å². The standard InChI is InChI=1S/C27H28Cl2FN3O5S/c1-4-38-23-11-9-22(10-12-23)33(39(36,37)24-13-7-21(30)8-14-24)17-26(34)32(18(2)27(35)31-3)16-19-5-6-20(28)15-25(19)29/h5-15,18H,4,16-17H2,1-3H3,(H,31,35). The van der Waals surface area contributed by atoms with Crippen LogP contribution in [0.3, 0.4) is 0 Å². The molecule has 0 fully saturated rings. The van der Waals surface area contributed by atoms with Crippen LogP contribution in [-0.2, 0) is 26.2 Å². The van der Waals surface area contributed by atoms with Gasteiger partial charge in [-0.3, -0.25) is 13.9 Å². The number of amides is 2. The van der Waals surface area contributed by atoms with Crippen LogP contribution < -0.4 is 14.4 Å². The number of sulfonamides is 1. The van der Waals surface area contributed by atoms with Crippen LogP contribution in [-0.4, -0.2) is 51.4 Å². The Bertz CT molecular complexity index is 1420. The number of carbonyl (C=O) groups is 2. The summed E-state index contributed by atoms with van der Waals surface area (Å²) in [4.78, 5) is 27.3. The van der Waals surface area contributed by atoms with Gasteiger partial charge in [0.1, 0.15) is 24.2 Å². The van der Waals surface area contributed by atoms with Gasteiger partial charge in [-0.25, -0.2) is 12.8 Å². The Balaban J connectivity index is 2.04. The lowest BCUT2D eigenvalue weighted by Gasteiger charge is -2.32. The summed E-state index contributed by atoms with van der Waals surface area (Å²) < 4.78 is 47.3. The lowest BCUT2D eigenvalue weighted by molar-refractivity contribution is -0.139. The van der Waals surface area contributed by atoms with Crippen LogP contribution in [0.5, 0.6) is 5.75 Å². The Kier molecular flexibility index (Phi) is 10.2. The van der Waals surface area contributed by atoms with Gasteiger partial charge in [-0.2, -0.15) is 0 Å². The van der Waals surface area contributed by atoms with Crippen molar-refractivity contribution in [3.63, 3.8) is 0 Å². The maximum Gasteiger partial charge on any atom is 0.264 e. The molecule has 0 heterocycles. The van der Waals surface area contributed by atoms with Gasteiger partial charge in [0.15, 0.2) is 0 Å². The molecule has 0 aliphatic rings. The fourth-order valence-electron chi connectivity index (χ4n) is 3.76. The number of anilines is 1. The number of rotatable bonds is 11. The molecule has 3 aromatic carbocycles. The summed E-state index contributed by atoms with van der Waals surface area (Å²) in [6, 6.07) is 14.2. The van der Waals surface area contributed by atoms with E-state index < -0.39 is 40.2 Å². The Hall–Kier alpha value is -3.34. The molecule has 208 valence electrons. The van der Waals surface area contributed by atoms with E-state index in [4.69, 9.17) is 27.9 Å². The second kappa shape index (κ2) is 13.1. The SMILES string of the molecule is CCOc1ccc(N(CC(=O)N(Cc2ccc(Cl)cc2Cl)C(C)C(=O)NC)S(=O)(=O)c2ccc(F)cc2)cc1. The van der Waals surface area contributed by atoms with Crippen LogP contribution in [0.2, 0.25) is 10.0 Å². The molecule has 12 heteroatoms. The number of ether oxygens (including phenoxy) is 1. The predicted molar refractivity (Wildman–Crippen MR) is 149 cm³/mol. The van der Waals surface area contributed by atoms with Gasteiger partial charge in [-0.15, -0.1) is 0 Å². The average Bonchev–Trinajstić information content (AvgIpc) is 2.91. The minimum absolute atomic E-state index is 0.0862. The summed E-state index contributed by atoms with van der Waals surface area (Å²) in [5.41, 5.74) is 0.687. The lowest BCUT2D eigenvalue weighted by Crippen LogP contribution is -2.50. The van der Waals surface area contributed by atoms with E-state index in [1.807, 2.05) is 6.92 Å². The molecule has 0 saturated carbocycles. The van der Waals surface area contributed by atoms with E-state index in [0.29, 0.717) is 22.9 Å². The van der Waals surface area contributed by atoms with E-state index in [1.54, 1.807) is 24.3 Å². The fourth-order valence-corrected chi connectivity index (χ4v) is 5.65. The number of hydrogen-bond acceptors (Lipinski definition) is 5. The first-order valence-corrected chi connectivity index (χ1v) is 14.1. The highest BCUT2D eigenvalue weighted by molar-refractivity contribution is 7.92. The van der Waals surface area contributed by atoms with Crippen molar-refractivity contribution in [2.45, 2.75) is 31.3 Å². The molecule has 2 amide bonds. The minimum Gasteiger partial charge on any atom is -0.494 e. The van der Waals surface area contributed by atoms with Crippen LogP contribution >= 0.6 is 23.2 Å². The van der Waals surface area contributed by atoms with E-state index in [9.17, 15) is 22.4 Å². The number of carbonyl (C=O) groups excluding carboxylic acids is 2. The molecular formula is C27H28Cl2FN3O5S. The highest BCUT2D eigenvalue weighted by Gasteiger charge is 2.32. The van der Waals surface area contributed by atoms with Crippen LogP contribution in [0.4, 0.5) is 10.1 Å². The predicted octanol–water partition coefficient (Wildman–Crippen LogP) is 4.89. The zero-order chi connectivity index (χ0) is 28.7. The summed E-state index contributed by atoms with van der Waals surface area (Å²) in [5, 5.41) is 3.19. The molecule has 0 bridgehead atoms. The third-order valence-corrected chi connectivity index (χ3v) is 8.26. The third kappa shape index (κ3) is 7.40. The number of nitrogens with one attached hydrogen (secondary N) is 1. The highest BCUT2D eigenvalue weighted by Crippen LogP contribution is 2.28. The van der Waals surface area contributed by atoms with Crippen molar-refractivity contribution in [3.05, 3.63) is 88.2 Å². The molecule has 0 saturated heterocycles. The maximum absolute atomic E-state index is 13.8. The summed E-state index contributed by atoms with van der Waals surface area (Å²) in [7, 11) is -2.90. The van der Waals surface area contributed by atoms with Gasteiger partial charge in [0, 0.05) is 23.6 Å². The molecule has 39 heavy (non-hydrogen) atoms. The lowest BCUT2D eigenvalue weighted by atomic mass is 10.1. The summed E-state index contributed by atoms with van der Waals surface area (Å²) >= 11 is 12.3. The normalized spacial score (nSPS) is 11.9. The molecule has 8 nitrogen and oxygen atoms in total. The van der Waals surface area contributed by atoms with Crippen LogP contribution in [0.1, 0.15) is 19.4 Å². The number of halogens is 3. The molecule has 1 atom stereocenters. The topological polar surface area (TPSA) is 96.0 Å². The molecule has 1 unspecified atom stereocenters. The van der Waals surface area contributed by atoms with E-state index in [0.717, 1.165) is 28.6 Å². The largest absolute Gasteiger partial charge is 0.494 e. The fraction of sp³-hybridized carbons (Fsp3) is 0.259. The molecule has 0 spiro atoms. The molecule has 3 rings (SSSR count). The van der Waals surface area contributed by atoms with E-state index in [-0.39, 0.29) is 22.2 Å². The van der Waals surface area contributed by atoms with Gasteiger partial charge in [0.25, 0.3) is 10.0 Å². The van der Waals surface area contributed by atoms with Crippen molar-refractivity contribution in [1.29, 1.82) is 0 Å². The summed E-state index contributed by atoms with van der Waals surface area (Å²) in [5.74, 6) is -1.22. The second-order valence-corrected chi connectivity index (χ2v) is 11.1. The molecule has 0 aromatic heterocycles. The first kappa shape index (κ1) is 30.2. The van der Waals surface area contributed by atoms with Crippen molar-refractivity contribution in [2.24, 2.45) is 0 Å². The number of nitrogens with zero attached hydrogens (tertiary/aromatic N) is 2. The third-order valence-electron chi connectivity index (χ3n) is 5.89. The Morgan fingerprint density at radius 2 is 1.67 bits per heavy atom.